The van der Waals surface area contributed by atoms with E-state index in [4.69, 9.17) is 5.73 Å². The number of amides is 1. The van der Waals surface area contributed by atoms with Gasteiger partial charge in [0.2, 0.25) is 11.9 Å². The molecule has 0 bridgehead atoms. The Morgan fingerprint density at radius 2 is 2.00 bits per heavy atom. The predicted molar refractivity (Wildman–Crippen MR) is 95.0 cm³/mol. The number of nitrogens with one attached hydrogen (secondary N) is 1. The van der Waals surface area contributed by atoms with Crippen molar-refractivity contribution < 1.29 is 4.79 Å². The van der Waals surface area contributed by atoms with E-state index in [2.05, 4.69) is 21.0 Å². The van der Waals surface area contributed by atoms with Crippen molar-refractivity contribution in [2.45, 2.75) is 13.0 Å². The topological polar surface area (TPSA) is 87.9 Å². The number of aromatic nitrogens is 3. The molecular weight excluding hydrogens is 302 g/mol. The van der Waals surface area contributed by atoms with E-state index in [1.807, 2.05) is 31.2 Å². The molecule has 2 heterocycles. The van der Waals surface area contributed by atoms with E-state index < -0.39 is 0 Å². The van der Waals surface area contributed by atoms with Gasteiger partial charge >= 0.3 is 0 Å². The lowest BCUT2D eigenvalue weighted by atomic mass is 10.2. The molecule has 3 N–H and O–H groups in total. The van der Waals surface area contributed by atoms with Crippen molar-refractivity contribution in [2.75, 3.05) is 12.8 Å². The Kier molecular flexibility index (Phi) is 4.29. The fourth-order valence-corrected chi connectivity index (χ4v) is 2.44. The van der Waals surface area contributed by atoms with Gasteiger partial charge in [-0.2, -0.15) is 0 Å². The van der Waals surface area contributed by atoms with E-state index in [0.29, 0.717) is 0 Å². The average molecular weight is 321 g/mol. The number of hydrogen-bond acceptors (Lipinski definition) is 4. The van der Waals surface area contributed by atoms with Crippen LogP contribution < -0.4 is 5.73 Å². The summed E-state index contributed by atoms with van der Waals surface area (Å²) in [7, 11) is 1.78. The zero-order chi connectivity index (χ0) is 17.1. The number of nitrogen functional groups attached to an aromatic ring is 1. The highest BCUT2D eigenvalue weighted by molar-refractivity contribution is 5.92. The van der Waals surface area contributed by atoms with E-state index in [1.165, 1.54) is 6.08 Å². The number of H-pyrrole nitrogens is 1. The maximum Gasteiger partial charge on any atom is 0.246 e. The van der Waals surface area contributed by atoms with E-state index >= 15 is 0 Å². The minimum atomic E-state index is -0.0991. The van der Waals surface area contributed by atoms with Crippen LogP contribution in [0.5, 0.6) is 0 Å². The second-order valence-electron chi connectivity index (χ2n) is 5.64. The van der Waals surface area contributed by atoms with Crippen molar-refractivity contribution in [2.24, 2.45) is 0 Å². The third-order valence-corrected chi connectivity index (χ3v) is 4.04. The van der Waals surface area contributed by atoms with Gasteiger partial charge in [0.15, 0.2) is 0 Å². The van der Waals surface area contributed by atoms with Crippen LogP contribution in [0.2, 0.25) is 0 Å². The van der Waals surface area contributed by atoms with E-state index in [-0.39, 0.29) is 17.9 Å². The summed E-state index contributed by atoms with van der Waals surface area (Å²) in [5.41, 5.74) is 8.23. The second kappa shape index (κ2) is 6.54. The highest BCUT2D eigenvalue weighted by atomic mass is 16.2. The van der Waals surface area contributed by atoms with Gasteiger partial charge in [0.1, 0.15) is 0 Å². The first kappa shape index (κ1) is 15.7. The zero-order valence-electron chi connectivity index (χ0n) is 13.6. The number of rotatable bonds is 4. The number of nitrogens with zero attached hydrogens (tertiary/aromatic N) is 3. The van der Waals surface area contributed by atoms with Crippen molar-refractivity contribution in [3.8, 4) is 0 Å². The predicted octanol–water partition coefficient (Wildman–Crippen LogP) is 2.77. The molecule has 1 aromatic carbocycles. The van der Waals surface area contributed by atoms with E-state index in [0.717, 1.165) is 22.2 Å². The third-order valence-electron chi connectivity index (χ3n) is 4.04. The van der Waals surface area contributed by atoms with Gasteiger partial charge in [-0.05, 0) is 30.5 Å². The van der Waals surface area contributed by atoms with Crippen molar-refractivity contribution in [1.29, 1.82) is 0 Å². The van der Waals surface area contributed by atoms with Gasteiger partial charge in [-0.15, -0.1) is 0 Å². The molecule has 122 valence electrons. The molecule has 0 radical (unpaired) electrons. The van der Waals surface area contributed by atoms with Gasteiger partial charge in [0, 0.05) is 42.3 Å². The fraction of sp³-hybridized carbons (Fsp3) is 0.167. The Hall–Kier alpha value is -3.15. The van der Waals surface area contributed by atoms with Crippen molar-refractivity contribution in [3.63, 3.8) is 0 Å². The molecule has 0 aliphatic heterocycles. The third kappa shape index (κ3) is 3.27. The molecule has 0 aliphatic rings. The Morgan fingerprint density at radius 1 is 1.29 bits per heavy atom. The van der Waals surface area contributed by atoms with Crippen LogP contribution >= 0.6 is 0 Å². The minimum absolute atomic E-state index is 0.0720. The maximum atomic E-state index is 12.4. The Balaban J connectivity index is 1.73. The summed E-state index contributed by atoms with van der Waals surface area (Å²) in [4.78, 5) is 25.2. The molecule has 1 atom stereocenters. The Labute approximate surface area is 140 Å². The average Bonchev–Trinajstić information content (AvgIpc) is 3.03. The molecule has 3 aromatic rings. The van der Waals surface area contributed by atoms with Crippen LogP contribution in [-0.2, 0) is 4.79 Å². The van der Waals surface area contributed by atoms with Crippen LogP contribution in [-0.4, -0.2) is 32.8 Å². The molecule has 6 nitrogen and oxygen atoms in total. The monoisotopic (exact) mass is 321 g/mol. The van der Waals surface area contributed by atoms with Gasteiger partial charge in [-0.25, -0.2) is 9.97 Å². The number of carbonyl (C=O) groups excluding carboxylic acids is 1. The first-order valence-corrected chi connectivity index (χ1v) is 7.64. The SMILES string of the molecule is CC(c1cc2ccccc2[nH]1)N(C)C(=O)C=Cc1cnc(N)nc1. The molecule has 0 aliphatic carbocycles. The molecule has 1 unspecified atom stereocenters. The maximum absolute atomic E-state index is 12.4. The Morgan fingerprint density at radius 3 is 2.71 bits per heavy atom. The van der Waals surface area contributed by atoms with Gasteiger partial charge in [0.25, 0.3) is 0 Å². The van der Waals surface area contributed by atoms with Crippen LogP contribution in [0.3, 0.4) is 0 Å². The van der Waals surface area contributed by atoms with Crippen LogP contribution in [0.25, 0.3) is 17.0 Å². The van der Waals surface area contributed by atoms with Crippen LogP contribution in [0, 0.1) is 0 Å². The lowest BCUT2D eigenvalue weighted by molar-refractivity contribution is -0.126. The number of likely N-dealkylation sites (N-methyl/N-ethyl adjacent to an activating group) is 1. The summed E-state index contributed by atoms with van der Waals surface area (Å²) >= 11 is 0. The van der Waals surface area contributed by atoms with Gasteiger partial charge in [-0.3, -0.25) is 4.79 Å². The molecule has 24 heavy (non-hydrogen) atoms. The zero-order valence-corrected chi connectivity index (χ0v) is 13.6. The summed E-state index contributed by atoms with van der Waals surface area (Å²) in [5.74, 6) is 0.112. The summed E-state index contributed by atoms with van der Waals surface area (Å²) in [5, 5.41) is 1.13. The number of fused-ring (bicyclic) bond motifs is 1. The van der Waals surface area contributed by atoms with E-state index in [1.54, 1.807) is 30.4 Å². The van der Waals surface area contributed by atoms with E-state index in [9.17, 15) is 4.79 Å². The normalized spacial score (nSPS) is 12.6. The van der Waals surface area contributed by atoms with Gasteiger partial charge in [-0.1, -0.05) is 18.2 Å². The molecule has 0 saturated heterocycles. The highest BCUT2D eigenvalue weighted by Crippen LogP contribution is 2.23. The number of carbonyl (C=O) groups is 1. The van der Waals surface area contributed by atoms with Crippen molar-refractivity contribution >= 4 is 28.8 Å². The van der Waals surface area contributed by atoms with Crippen molar-refractivity contribution in [3.05, 3.63) is 60.1 Å². The number of aromatic amines is 1. The molecular formula is C18H19N5O. The summed E-state index contributed by atoms with van der Waals surface area (Å²) in [6.07, 6.45) is 6.34. The number of para-hydroxylation sites is 1. The second-order valence-corrected chi connectivity index (χ2v) is 5.64. The molecule has 1 amide bonds. The standard InChI is InChI=1S/C18H19N5O/c1-12(16-9-14-5-3-4-6-15(14)22-16)23(2)17(24)8-7-13-10-20-18(19)21-11-13/h3-12,22H,1-2H3,(H2,19,20,21). The summed E-state index contributed by atoms with van der Waals surface area (Å²) < 4.78 is 0. The molecule has 6 heteroatoms. The lowest BCUT2D eigenvalue weighted by Crippen LogP contribution is -2.28. The molecule has 0 spiro atoms. The van der Waals surface area contributed by atoms with Gasteiger partial charge < -0.3 is 15.6 Å². The fourth-order valence-electron chi connectivity index (χ4n) is 2.44. The first-order valence-electron chi connectivity index (χ1n) is 7.64. The minimum Gasteiger partial charge on any atom is -0.368 e. The first-order chi connectivity index (χ1) is 11.5. The number of benzene rings is 1. The molecule has 0 fully saturated rings. The van der Waals surface area contributed by atoms with Gasteiger partial charge in [0.05, 0.1) is 6.04 Å². The molecule has 2 aromatic heterocycles. The van der Waals surface area contributed by atoms with Crippen LogP contribution in [0.1, 0.15) is 24.2 Å². The number of anilines is 1. The number of hydrogen-bond donors (Lipinski definition) is 2. The highest BCUT2D eigenvalue weighted by Gasteiger charge is 2.17. The summed E-state index contributed by atoms with van der Waals surface area (Å²) in [6, 6.07) is 10.1. The van der Waals surface area contributed by atoms with Crippen molar-refractivity contribution in [1.82, 2.24) is 19.9 Å². The lowest BCUT2D eigenvalue weighted by Gasteiger charge is -2.22. The number of nitrogens with two attached hydrogens (primary N) is 1. The van der Waals surface area contributed by atoms with Crippen LogP contribution in [0.15, 0.2) is 48.8 Å². The Bertz CT molecular complexity index is 849. The molecule has 0 saturated carbocycles. The summed E-state index contributed by atoms with van der Waals surface area (Å²) in [6.45, 7) is 1.99. The quantitative estimate of drug-likeness (QED) is 0.723. The van der Waals surface area contributed by atoms with Crippen LogP contribution in [0.4, 0.5) is 5.95 Å². The smallest absolute Gasteiger partial charge is 0.246 e. The molecule has 3 rings (SSSR count). The largest absolute Gasteiger partial charge is 0.368 e.